The number of methoxy groups -OCH3 is 1. The van der Waals surface area contributed by atoms with Crippen molar-refractivity contribution in [2.45, 2.75) is 18.4 Å². The predicted molar refractivity (Wildman–Crippen MR) is 143 cm³/mol. The molecule has 0 radical (unpaired) electrons. The lowest BCUT2D eigenvalue weighted by Gasteiger charge is -2.08. The molecule has 4 aromatic rings. The Labute approximate surface area is 213 Å². The summed E-state index contributed by atoms with van der Waals surface area (Å²) in [5.74, 6) is 0.750. The number of para-hydroxylation sites is 1. The molecule has 180 valence electrons. The van der Waals surface area contributed by atoms with Gasteiger partial charge in [0, 0.05) is 51.4 Å². The molecular formula is C27H26ClN3O3S. The smallest absolute Gasteiger partial charge is 0.251 e. The monoisotopic (exact) mass is 507 g/mol. The molecule has 35 heavy (non-hydrogen) atoms. The summed E-state index contributed by atoms with van der Waals surface area (Å²) < 4.78 is 7.24. The number of ether oxygens (including phenoxy) is 1. The van der Waals surface area contributed by atoms with Gasteiger partial charge >= 0.3 is 0 Å². The molecule has 8 heteroatoms. The predicted octanol–water partition coefficient (Wildman–Crippen LogP) is 5.77. The minimum atomic E-state index is -0.133. The lowest BCUT2D eigenvalue weighted by Crippen LogP contribution is -2.27. The molecule has 6 nitrogen and oxygen atoms in total. The molecule has 0 bridgehead atoms. The van der Waals surface area contributed by atoms with Crippen molar-refractivity contribution in [2.24, 2.45) is 0 Å². The van der Waals surface area contributed by atoms with Crippen LogP contribution >= 0.6 is 23.4 Å². The maximum Gasteiger partial charge on any atom is 0.251 e. The summed E-state index contributed by atoms with van der Waals surface area (Å²) in [6.07, 6.45) is 2.03. The van der Waals surface area contributed by atoms with E-state index in [1.807, 2.05) is 49.5 Å². The fourth-order valence-corrected chi connectivity index (χ4v) is 4.73. The van der Waals surface area contributed by atoms with Crippen LogP contribution in [0.5, 0.6) is 5.75 Å². The number of aryl methyl sites for hydroxylation is 1. The zero-order chi connectivity index (χ0) is 24.8. The number of hydrogen-bond donors (Lipinski definition) is 2. The molecule has 1 aromatic heterocycles. The van der Waals surface area contributed by atoms with Gasteiger partial charge in [0.1, 0.15) is 5.75 Å². The van der Waals surface area contributed by atoms with Gasteiger partial charge in [-0.2, -0.15) is 0 Å². The van der Waals surface area contributed by atoms with Crippen molar-refractivity contribution in [1.82, 2.24) is 9.88 Å². The van der Waals surface area contributed by atoms with E-state index in [0.717, 1.165) is 21.4 Å². The van der Waals surface area contributed by atoms with Crippen LogP contribution in [0.25, 0.3) is 10.9 Å². The standard InChI is InChI=1S/C27H26ClN3O3S/c1-18-7-10-20(15-23(18)28)30-26(32)17-35-25-16-31(24-6-4-3-5-22(24)25)14-13-29-27(33)19-8-11-21(34-2)12-9-19/h3-12,15-16H,13-14,17H2,1-2H3,(H,29,33)(H,30,32). The molecule has 1 heterocycles. The minimum Gasteiger partial charge on any atom is -0.497 e. The summed E-state index contributed by atoms with van der Waals surface area (Å²) in [6.45, 7) is 3.00. The molecule has 4 rings (SSSR count). The number of carbonyl (C=O) groups excluding carboxylic acids is 2. The summed E-state index contributed by atoms with van der Waals surface area (Å²) in [5, 5.41) is 7.56. The van der Waals surface area contributed by atoms with E-state index in [1.54, 1.807) is 37.4 Å². The van der Waals surface area contributed by atoms with Crippen LogP contribution in [0.4, 0.5) is 5.69 Å². The van der Waals surface area contributed by atoms with E-state index in [-0.39, 0.29) is 17.6 Å². The summed E-state index contributed by atoms with van der Waals surface area (Å²) in [6, 6.07) is 20.5. The number of anilines is 1. The third kappa shape index (κ3) is 6.18. The molecule has 2 N–H and O–H groups in total. The van der Waals surface area contributed by atoms with E-state index in [1.165, 1.54) is 11.8 Å². The number of rotatable bonds is 9. The Morgan fingerprint density at radius 2 is 1.83 bits per heavy atom. The van der Waals surface area contributed by atoms with Crippen molar-refractivity contribution >= 4 is 51.8 Å². The van der Waals surface area contributed by atoms with Crippen LogP contribution in [0.2, 0.25) is 5.02 Å². The zero-order valence-corrected chi connectivity index (χ0v) is 21.1. The Morgan fingerprint density at radius 1 is 1.06 bits per heavy atom. The molecule has 0 atom stereocenters. The third-order valence-corrected chi connectivity index (χ3v) is 7.01. The highest BCUT2D eigenvalue weighted by atomic mass is 35.5. The Balaban J connectivity index is 1.37. The number of halogens is 1. The molecule has 0 spiro atoms. The quantitative estimate of drug-likeness (QED) is 0.282. The zero-order valence-electron chi connectivity index (χ0n) is 19.5. The lowest BCUT2D eigenvalue weighted by atomic mass is 10.2. The molecule has 0 aliphatic heterocycles. The summed E-state index contributed by atoms with van der Waals surface area (Å²) in [5.41, 5.74) is 3.29. The molecule has 0 saturated carbocycles. The second-order valence-corrected chi connectivity index (χ2v) is 9.41. The molecule has 0 saturated heterocycles. The van der Waals surface area contributed by atoms with Crippen molar-refractivity contribution in [3.63, 3.8) is 0 Å². The van der Waals surface area contributed by atoms with Crippen LogP contribution in [0.1, 0.15) is 15.9 Å². The van der Waals surface area contributed by atoms with Gasteiger partial charge in [0.25, 0.3) is 5.91 Å². The molecule has 0 aliphatic carbocycles. The Hall–Kier alpha value is -3.42. The number of benzene rings is 3. The Bertz CT molecular complexity index is 1350. The topological polar surface area (TPSA) is 72.4 Å². The van der Waals surface area contributed by atoms with Gasteiger partial charge in [0.2, 0.25) is 5.91 Å². The van der Waals surface area contributed by atoms with Crippen molar-refractivity contribution in [3.05, 3.63) is 89.1 Å². The van der Waals surface area contributed by atoms with E-state index in [4.69, 9.17) is 16.3 Å². The number of fused-ring (bicyclic) bond motifs is 1. The minimum absolute atomic E-state index is 0.0986. The summed E-state index contributed by atoms with van der Waals surface area (Å²) in [4.78, 5) is 26.0. The first kappa shape index (κ1) is 24.7. The van der Waals surface area contributed by atoms with Crippen molar-refractivity contribution in [3.8, 4) is 5.75 Å². The van der Waals surface area contributed by atoms with Gasteiger partial charge < -0.3 is 19.9 Å². The van der Waals surface area contributed by atoms with Crippen LogP contribution in [-0.4, -0.2) is 35.8 Å². The highest BCUT2D eigenvalue weighted by molar-refractivity contribution is 8.00. The van der Waals surface area contributed by atoms with Crippen LogP contribution in [0.3, 0.4) is 0 Å². The van der Waals surface area contributed by atoms with Gasteiger partial charge in [-0.15, -0.1) is 11.8 Å². The number of nitrogens with one attached hydrogen (secondary N) is 2. The second kappa shape index (κ2) is 11.3. The first-order valence-electron chi connectivity index (χ1n) is 11.1. The fraction of sp³-hybridized carbons (Fsp3) is 0.185. The average molecular weight is 508 g/mol. The highest BCUT2D eigenvalue weighted by Gasteiger charge is 2.12. The Morgan fingerprint density at radius 3 is 2.57 bits per heavy atom. The number of thioether (sulfide) groups is 1. The SMILES string of the molecule is COc1ccc(C(=O)NCCn2cc(SCC(=O)Nc3ccc(C)c(Cl)c3)c3ccccc32)cc1. The van der Waals surface area contributed by atoms with E-state index < -0.39 is 0 Å². The van der Waals surface area contributed by atoms with E-state index in [9.17, 15) is 9.59 Å². The van der Waals surface area contributed by atoms with E-state index in [0.29, 0.717) is 35.1 Å². The molecule has 2 amide bonds. The van der Waals surface area contributed by atoms with Crippen molar-refractivity contribution in [2.75, 3.05) is 24.7 Å². The fourth-order valence-electron chi connectivity index (χ4n) is 3.66. The third-order valence-electron chi connectivity index (χ3n) is 5.56. The first-order chi connectivity index (χ1) is 16.9. The molecule has 3 aromatic carbocycles. The maximum absolute atomic E-state index is 12.5. The number of carbonyl (C=O) groups is 2. The molecule has 0 aliphatic rings. The molecule has 0 fully saturated rings. The van der Waals surface area contributed by atoms with Gasteiger partial charge in [0.05, 0.1) is 12.9 Å². The summed E-state index contributed by atoms with van der Waals surface area (Å²) in [7, 11) is 1.59. The van der Waals surface area contributed by atoms with E-state index in [2.05, 4.69) is 15.2 Å². The molecular weight excluding hydrogens is 482 g/mol. The van der Waals surface area contributed by atoms with Crippen LogP contribution in [-0.2, 0) is 11.3 Å². The number of aromatic nitrogens is 1. The van der Waals surface area contributed by atoms with Crippen LogP contribution < -0.4 is 15.4 Å². The van der Waals surface area contributed by atoms with Crippen molar-refractivity contribution < 1.29 is 14.3 Å². The van der Waals surface area contributed by atoms with Gasteiger partial charge in [-0.05, 0) is 55.0 Å². The largest absolute Gasteiger partial charge is 0.497 e. The van der Waals surface area contributed by atoms with Crippen LogP contribution in [0, 0.1) is 6.92 Å². The lowest BCUT2D eigenvalue weighted by molar-refractivity contribution is -0.113. The van der Waals surface area contributed by atoms with Gasteiger partial charge in [-0.25, -0.2) is 0 Å². The maximum atomic E-state index is 12.5. The van der Waals surface area contributed by atoms with Crippen molar-refractivity contribution in [1.29, 1.82) is 0 Å². The number of hydrogen-bond acceptors (Lipinski definition) is 4. The normalized spacial score (nSPS) is 10.8. The highest BCUT2D eigenvalue weighted by Crippen LogP contribution is 2.30. The average Bonchev–Trinajstić information content (AvgIpc) is 3.22. The second-order valence-electron chi connectivity index (χ2n) is 7.99. The van der Waals surface area contributed by atoms with Gasteiger partial charge in [-0.1, -0.05) is 35.9 Å². The van der Waals surface area contributed by atoms with E-state index >= 15 is 0 Å². The summed E-state index contributed by atoms with van der Waals surface area (Å²) >= 11 is 7.64. The molecule has 0 unspecified atom stereocenters. The van der Waals surface area contributed by atoms with Gasteiger partial charge in [0.15, 0.2) is 0 Å². The number of amides is 2. The Kier molecular flexibility index (Phi) is 8.00. The number of nitrogens with zero attached hydrogens (tertiary/aromatic N) is 1. The first-order valence-corrected chi connectivity index (χ1v) is 12.5. The van der Waals surface area contributed by atoms with Crippen LogP contribution in [0.15, 0.2) is 77.8 Å². The van der Waals surface area contributed by atoms with Gasteiger partial charge in [-0.3, -0.25) is 9.59 Å².